The highest BCUT2D eigenvalue weighted by molar-refractivity contribution is 6.31. The summed E-state index contributed by atoms with van der Waals surface area (Å²) >= 11 is 6.23. The molecule has 0 aliphatic heterocycles. The van der Waals surface area contributed by atoms with Gasteiger partial charge in [0.2, 0.25) is 5.91 Å². The van der Waals surface area contributed by atoms with E-state index in [0.717, 1.165) is 30.7 Å². The Morgan fingerprint density at radius 3 is 2.54 bits per heavy atom. The maximum absolute atomic E-state index is 12.6. The van der Waals surface area contributed by atoms with Gasteiger partial charge in [-0.15, -0.1) is 0 Å². The summed E-state index contributed by atoms with van der Waals surface area (Å²) in [7, 11) is 1.66. The van der Waals surface area contributed by atoms with Crippen molar-refractivity contribution in [1.29, 1.82) is 0 Å². The maximum Gasteiger partial charge on any atom is 0.234 e. The van der Waals surface area contributed by atoms with Gasteiger partial charge in [-0.05, 0) is 49.1 Å². The van der Waals surface area contributed by atoms with E-state index >= 15 is 0 Å². The van der Waals surface area contributed by atoms with E-state index in [1.807, 2.05) is 43.3 Å². The third kappa shape index (κ3) is 4.99. The average molecular weight is 373 g/mol. The predicted molar refractivity (Wildman–Crippen MR) is 104 cm³/mol. The van der Waals surface area contributed by atoms with E-state index in [2.05, 4.69) is 22.3 Å². The SMILES string of the molecule is COc1ccc(CN(CC(=O)NC(C)c2ccccc2Cl)C2CC2)cc1. The Morgan fingerprint density at radius 2 is 1.92 bits per heavy atom. The fourth-order valence-electron chi connectivity index (χ4n) is 3.09. The van der Waals surface area contributed by atoms with Crippen molar-refractivity contribution in [3.05, 3.63) is 64.7 Å². The van der Waals surface area contributed by atoms with Crippen molar-refractivity contribution in [3.63, 3.8) is 0 Å². The Bertz CT molecular complexity index is 744. The van der Waals surface area contributed by atoms with Crippen LogP contribution in [-0.4, -0.2) is 30.5 Å². The molecule has 2 aromatic carbocycles. The molecule has 1 atom stereocenters. The van der Waals surface area contributed by atoms with Crippen LogP contribution in [0.15, 0.2) is 48.5 Å². The first kappa shape index (κ1) is 18.7. The van der Waals surface area contributed by atoms with E-state index in [1.165, 1.54) is 5.56 Å². The smallest absolute Gasteiger partial charge is 0.234 e. The first-order chi connectivity index (χ1) is 12.6. The van der Waals surface area contributed by atoms with Crippen LogP contribution in [-0.2, 0) is 11.3 Å². The van der Waals surface area contributed by atoms with Crippen molar-refractivity contribution < 1.29 is 9.53 Å². The van der Waals surface area contributed by atoms with Crippen molar-refractivity contribution in [1.82, 2.24) is 10.2 Å². The summed E-state index contributed by atoms with van der Waals surface area (Å²) in [6.45, 7) is 3.12. The topological polar surface area (TPSA) is 41.6 Å². The van der Waals surface area contributed by atoms with Gasteiger partial charge < -0.3 is 10.1 Å². The van der Waals surface area contributed by atoms with Crippen molar-refractivity contribution in [2.45, 2.75) is 38.4 Å². The maximum atomic E-state index is 12.6. The Labute approximate surface area is 160 Å². The summed E-state index contributed by atoms with van der Waals surface area (Å²) in [5, 5.41) is 3.75. The lowest BCUT2D eigenvalue weighted by molar-refractivity contribution is -0.123. The van der Waals surface area contributed by atoms with Crippen molar-refractivity contribution in [2.24, 2.45) is 0 Å². The summed E-state index contributed by atoms with van der Waals surface area (Å²) in [6.07, 6.45) is 2.31. The summed E-state index contributed by atoms with van der Waals surface area (Å²) in [6, 6.07) is 16.0. The molecular formula is C21H25ClN2O2. The van der Waals surface area contributed by atoms with Crippen LogP contribution in [0.2, 0.25) is 5.02 Å². The second kappa shape index (κ2) is 8.56. The van der Waals surface area contributed by atoms with Crippen LogP contribution in [0.4, 0.5) is 0 Å². The molecule has 1 amide bonds. The van der Waals surface area contributed by atoms with Gasteiger partial charge in [-0.1, -0.05) is 41.9 Å². The molecule has 26 heavy (non-hydrogen) atoms. The van der Waals surface area contributed by atoms with Crippen LogP contribution in [0.25, 0.3) is 0 Å². The fourth-order valence-corrected chi connectivity index (χ4v) is 3.39. The number of benzene rings is 2. The summed E-state index contributed by atoms with van der Waals surface area (Å²) in [5.41, 5.74) is 2.13. The minimum absolute atomic E-state index is 0.0258. The van der Waals surface area contributed by atoms with E-state index in [0.29, 0.717) is 17.6 Å². The second-order valence-electron chi connectivity index (χ2n) is 6.79. The van der Waals surface area contributed by atoms with E-state index in [1.54, 1.807) is 7.11 Å². The lowest BCUT2D eigenvalue weighted by Gasteiger charge is -2.23. The molecular weight excluding hydrogens is 348 g/mol. The van der Waals surface area contributed by atoms with E-state index in [4.69, 9.17) is 16.3 Å². The van der Waals surface area contributed by atoms with E-state index in [-0.39, 0.29) is 11.9 Å². The van der Waals surface area contributed by atoms with Gasteiger partial charge >= 0.3 is 0 Å². The van der Waals surface area contributed by atoms with Gasteiger partial charge in [0.15, 0.2) is 0 Å². The fraction of sp³-hybridized carbons (Fsp3) is 0.381. The number of halogens is 1. The number of nitrogens with one attached hydrogen (secondary N) is 1. The molecule has 0 spiro atoms. The zero-order chi connectivity index (χ0) is 18.5. The number of carbonyl (C=O) groups excluding carboxylic acids is 1. The molecule has 1 fully saturated rings. The highest BCUT2D eigenvalue weighted by Crippen LogP contribution is 2.28. The standard InChI is InChI=1S/C21H25ClN2O2/c1-15(19-5-3-4-6-20(19)22)23-21(25)14-24(17-9-10-17)13-16-7-11-18(26-2)12-8-16/h3-8,11-12,15,17H,9-10,13-14H2,1-2H3,(H,23,25). The minimum atomic E-state index is -0.113. The average Bonchev–Trinajstić information content (AvgIpc) is 3.47. The van der Waals surface area contributed by atoms with Crippen molar-refractivity contribution >= 4 is 17.5 Å². The molecule has 1 saturated carbocycles. The molecule has 0 radical (unpaired) electrons. The molecule has 1 aliphatic rings. The molecule has 0 heterocycles. The summed E-state index contributed by atoms with van der Waals surface area (Å²) < 4.78 is 5.21. The zero-order valence-electron chi connectivity index (χ0n) is 15.2. The number of hydrogen-bond donors (Lipinski definition) is 1. The third-order valence-corrected chi connectivity index (χ3v) is 5.05. The summed E-state index contributed by atoms with van der Waals surface area (Å²) in [5.74, 6) is 0.871. The number of hydrogen-bond acceptors (Lipinski definition) is 3. The Balaban J connectivity index is 1.59. The molecule has 0 aromatic heterocycles. The molecule has 1 unspecified atom stereocenters. The number of ether oxygens (including phenoxy) is 1. The largest absolute Gasteiger partial charge is 0.497 e. The normalized spacial score (nSPS) is 14.9. The zero-order valence-corrected chi connectivity index (χ0v) is 16.0. The molecule has 0 bridgehead atoms. The highest BCUT2D eigenvalue weighted by Gasteiger charge is 2.30. The minimum Gasteiger partial charge on any atom is -0.497 e. The monoisotopic (exact) mass is 372 g/mol. The predicted octanol–water partition coefficient (Wildman–Crippen LogP) is 4.19. The molecule has 1 N–H and O–H groups in total. The Hall–Kier alpha value is -2.04. The lowest BCUT2D eigenvalue weighted by atomic mass is 10.1. The molecule has 3 rings (SSSR count). The van der Waals surface area contributed by atoms with Gasteiger partial charge in [0.05, 0.1) is 19.7 Å². The first-order valence-electron chi connectivity index (χ1n) is 8.97. The van der Waals surface area contributed by atoms with E-state index in [9.17, 15) is 4.79 Å². The number of nitrogens with zero attached hydrogens (tertiary/aromatic N) is 1. The third-order valence-electron chi connectivity index (χ3n) is 4.70. The molecule has 0 saturated heterocycles. The van der Waals surface area contributed by atoms with Crippen LogP contribution in [0, 0.1) is 0 Å². The highest BCUT2D eigenvalue weighted by atomic mass is 35.5. The quantitative estimate of drug-likeness (QED) is 0.755. The van der Waals surface area contributed by atoms with Gasteiger partial charge in [0.1, 0.15) is 5.75 Å². The number of methoxy groups -OCH3 is 1. The van der Waals surface area contributed by atoms with Crippen LogP contribution in [0.1, 0.15) is 36.9 Å². The van der Waals surface area contributed by atoms with Crippen LogP contribution < -0.4 is 10.1 Å². The first-order valence-corrected chi connectivity index (χ1v) is 9.35. The van der Waals surface area contributed by atoms with Gasteiger partial charge in [-0.3, -0.25) is 9.69 Å². The lowest BCUT2D eigenvalue weighted by Crippen LogP contribution is -2.39. The molecule has 5 heteroatoms. The van der Waals surface area contributed by atoms with E-state index < -0.39 is 0 Å². The van der Waals surface area contributed by atoms with Crippen LogP contribution in [0.3, 0.4) is 0 Å². The van der Waals surface area contributed by atoms with Gasteiger partial charge in [-0.25, -0.2) is 0 Å². The Kier molecular flexibility index (Phi) is 6.17. The molecule has 1 aliphatic carbocycles. The van der Waals surface area contributed by atoms with Gasteiger partial charge in [0, 0.05) is 17.6 Å². The summed E-state index contributed by atoms with van der Waals surface area (Å²) in [4.78, 5) is 14.8. The van der Waals surface area contributed by atoms with Crippen molar-refractivity contribution in [3.8, 4) is 5.75 Å². The van der Waals surface area contributed by atoms with Gasteiger partial charge in [0.25, 0.3) is 0 Å². The van der Waals surface area contributed by atoms with Gasteiger partial charge in [-0.2, -0.15) is 0 Å². The molecule has 138 valence electrons. The number of rotatable bonds is 8. The Morgan fingerprint density at radius 1 is 1.23 bits per heavy atom. The van der Waals surface area contributed by atoms with Crippen LogP contribution >= 0.6 is 11.6 Å². The number of amides is 1. The number of carbonyl (C=O) groups is 1. The second-order valence-corrected chi connectivity index (χ2v) is 7.20. The van der Waals surface area contributed by atoms with Crippen molar-refractivity contribution in [2.75, 3.05) is 13.7 Å². The molecule has 4 nitrogen and oxygen atoms in total. The van der Waals surface area contributed by atoms with Crippen LogP contribution in [0.5, 0.6) is 5.75 Å². The molecule has 2 aromatic rings.